The molecule has 0 aliphatic carbocycles. The van der Waals surface area contributed by atoms with E-state index in [0.29, 0.717) is 22.0 Å². The van der Waals surface area contributed by atoms with Crippen LogP contribution in [0, 0.1) is 0 Å². The van der Waals surface area contributed by atoms with E-state index < -0.39 is 0 Å². The predicted octanol–water partition coefficient (Wildman–Crippen LogP) is 5.51. The first-order valence-corrected chi connectivity index (χ1v) is 11.9. The quantitative estimate of drug-likeness (QED) is 0.413. The number of fused-ring (bicyclic) bond motifs is 1. The van der Waals surface area contributed by atoms with Crippen molar-refractivity contribution < 1.29 is 14.3 Å². The van der Waals surface area contributed by atoms with Crippen LogP contribution in [0.15, 0.2) is 66.2 Å². The van der Waals surface area contributed by atoms with Gasteiger partial charge in [0.15, 0.2) is 0 Å². The molecular formula is C26H25N3O3S. The summed E-state index contributed by atoms with van der Waals surface area (Å²) in [6.07, 6.45) is 3.94. The predicted molar refractivity (Wildman–Crippen MR) is 131 cm³/mol. The number of carbonyl (C=O) groups excluding carboxylic acids is 2. The number of aromatic amines is 1. The van der Waals surface area contributed by atoms with Crippen LogP contribution in [0.4, 0.5) is 5.69 Å². The van der Waals surface area contributed by atoms with Crippen LogP contribution in [0.2, 0.25) is 0 Å². The fraction of sp³-hybridized carbons (Fsp3) is 0.231. The van der Waals surface area contributed by atoms with Crippen molar-refractivity contribution in [1.29, 1.82) is 0 Å². The fourth-order valence-corrected chi connectivity index (χ4v) is 5.08. The second-order valence-electron chi connectivity index (χ2n) is 8.23. The molecular weight excluding hydrogens is 434 g/mol. The number of hydrogen-bond donors (Lipinski definition) is 2. The van der Waals surface area contributed by atoms with Crippen LogP contribution in [0.25, 0.3) is 10.9 Å². The molecule has 1 aliphatic rings. The van der Waals surface area contributed by atoms with E-state index in [-0.39, 0.29) is 11.8 Å². The second kappa shape index (κ2) is 9.11. The summed E-state index contributed by atoms with van der Waals surface area (Å²) in [6.45, 7) is 1.44. The maximum Gasteiger partial charge on any atom is 0.265 e. The lowest BCUT2D eigenvalue weighted by atomic mass is 9.89. The van der Waals surface area contributed by atoms with Crippen LogP contribution in [0.5, 0.6) is 5.75 Å². The van der Waals surface area contributed by atoms with Gasteiger partial charge in [-0.15, -0.1) is 11.3 Å². The van der Waals surface area contributed by atoms with Crippen LogP contribution in [-0.2, 0) is 0 Å². The van der Waals surface area contributed by atoms with Crippen LogP contribution in [0.1, 0.15) is 44.4 Å². The van der Waals surface area contributed by atoms with E-state index in [1.807, 2.05) is 28.5 Å². The number of likely N-dealkylation sites (tertiary alicyclic amines) is 1. The Hall–Kier alpha value is -3.58. The molecule has 0 radical (unpaired) electrons. The molecule has 0 spiro atoms. The summed E-state index contributed by atoms with van der Waals surface area (Å²) in [5.41, 5.74) is 3.72. The Bertz CT molecular complexity index is 1270. The van der Waals surface area contributed by atoms with Crippen molar-refractivity contribution in [3.8, 4) is 5.75 Å². The standard InChI is InChI=1S/C26H25N3O3S/c1-32-20-8-9-23-21(15-20)22(16-27-23)17-10-12-29(13-11-17)26(31)18-4-6-19(7-5-18)28-25(30)24-3-2-14-33-24/h2-9,14-17,27H,10-13H2,1H3,(H,28,30). The Balaban J connectivity index is 1.21. The van der Waals surface area contributed by atoms with Gasteiger partial charge < -0.3 is 19.9 Å². The zero-order valence-corrected chi connectivity index (χ0v) is 19.2. The molecule has 6 nitrogen and oxygen atoms in total. The number of rotatable bonds is 5. The minimum atomic E-state index is -0.138. The number of methoxy groups -OCH3 is 1. The van der Waals surface area contributed by atoms with Crippen LogP contribution < -0.4 is 10.1 Å². The number of benzene rings is 2. The van der Waals surface area contributed by atoms with E-state index >= 15 is 0 Å². The molecule has 33 heavy (non-hydrogen) atoms. The zero-order valence-electron chi connectivity index (χ0n) is 18.3. The van der Waals surface area contributed by atoms with Gasteiger partial charge in [0.05, 0.1) is 12.0 Å². The Morgan fingerprint density at radius 2 is 1.88 bits per heavy atom. The third kappa shape index (κ3) is 4.36. The first-order valence-electron chi connectivity index (χ1n) is 11.0. The van der Waals surface area contributed by atoms with Crippen molar-refractivity contribution in [3.05, 3.63) is 82.2 Å². The smallest absolute Gasteiger partial charge is 0.265 e. The summed E-state index contributed by atoms with van der Waals surface area (Å²) in [6, 6.07) is 16.8. The zero-order chi connectivity index (χ0) is 22.8. The highest BCUT2D eigenvalue weighted by atomic mass is 32.1. The highest BCUT2D eigenvalue weighted by Gasteiger charge is 2.26. The number of nitrogens with zero attached hydrogens (tertiary/aromatic N) is 1. The molecule has 2 N–H and O–H groups in total. The van der Waals surface area contributed by atoms with Gasteiger partial charge in [0, 0.05) is 41.4 Å². The molecule has 7 heteroatoms. The minimum absolute atomic E-state index is 0.0326. The van der Waals surface area contributed by atoms with E-state index in [1.165, 1.54) is 22.3 Å². The maximum absolute atomic E-state index is 13.0. The average Bonchev–Trinajstić information content (AvgIpc) is 3.54. The second-order valence-corrected chi connectivity index (χ2v) is 9.18. The van der Waals surface area contributed by atoms with Crippen molar-refractivity contribution in [2.45, 2.75) is 18.8 Å². The van der Waals surface area contributed by atoms with Crippen LogP contribution in [0.3, 0.4) is 0 Å². The number of H-pyrrole nitrogens is 1. The van der Waals surface area contributed by atoms with E-state index in [4.69, 9.17) is 4.74 Å². The van der Waals surface area contributed by atoms with Crippen molar-refractivity contribution in [1.82, 2.24) is 9.88 Å². The van der Waals surface area contributed by atoms with E-state index in [2.05, 4.69) is 22.6 Å². The van der Waals surface area contributed by atoms with Crippen LogP contribution in [-0.4, -0.2) is 41.9 Å². The molecule has 3 heterocycles. The topological polar surface area (TPSA) is 74.4 Å². The number of aromatic nitrogens is 1. The molecule has 5 rings (SSSR count). The third-order valence-electron chi connectivity index (χ3n) is 6.28. The van der Waals surface area contributed by atoms with Crippen molar-refractivity contribution >= 4 is 39.7 Å². The molecule has 0 atom stereocenters. The molecule has 2 aromatic heterocycles. The number of hydrogen-bond acceptors (Lipinski definition) is 4. The van der Waals surface area contributed by atoms with Gasteiger partial charge in [-0.2, -0.15) is 0 Å². The summed E-state index contributed by atoms with van der Waals surface area (Å²) in [5, 5.41) is 5.93. The Morgan fingerprint density at radius 1 is 1.09 bits per heavy atom. The van der Waals surface area contributed by atoms with Gasteiger partial charge >= 0.3 is 0 Å². The summed E-state index contributed by atoms with van der Waals surface area (Å²) in [4.78, 5) is 31.2. The van der Waals surface area contributed by atoms with Gasteiger partial charge in [-0.1, -0.05) is 6.07 Å². The number of anilines is 1. The largest absolute Gasteiger partial charge is 0.497 e. The Labute approximate surface area is 196 Å². The number of piperidine rings is 1. The first kappa shape index (κ1) is 21.3. The lowest BCUT2D eigenvalue weighted by molar-refractivity contribution is 0.0713. The first-order chi connectivity index (χ1) is 16.1. The molecule has 0 bridgehead atoms. The SMILES string of the molecule is COc1ccc2[nH]cc(C3CCN(C(=O)c4ccc(NC(=O)c5cccs5)cc4)CC3)c2c1. The molecule has 2 amide bonds. The number of carbonyl (C=O) groups is 2. The third-order valence-corrected chi connectivity index (χ3v) is 7.15. The molecule has 4 aromatic rings. The van der Waals surface area contributed by atoms with Crippen molar-refractivity contribution in [2.24, 2.45) is 0 Å². The summed E-state index contributed by atoms with van der Waals surface area (Å²) in [5.74, 6) is 1.15. The molecule has 1 saturated heterocycles. The minimum Gasteiger partial charge on any atom is -0.497 e. The Morgan fingerprint density at radius 3 is 2.58 bits per heavy atom. The molecule has 168 valence electrons. The number of ether oxygens (including phenoxy) is 1. The highest BCUT2D eigenvalue weighted by Crippen LogP contribution is 2.35. The van der Waals surface area contributed by atoms with Crippen molar-refractivity contribution in [2.75, 3.05) is 25.5 Å². The number of amides is 2. The molecule has 0 saturated carbocycles. The lowest BCUT2D eigenvalue weighted by Gasteiger charge is -2.32. The van der Waals surface area contributed by atoms with Crippen molar-refractivity contribution in [3.63, 3.8) is 0 Å². The van der Waals surface area contributed by atoms with Gasteiger partial charge in [0.2, 0.25) is 0 Å². The van der Waals surface area contributed by atoms with Gasteiger partial charge in [-0.05, 0) is 78.2 Å². The van der Waals surface area contributed by atoms with Gasteiger partial charge in [0.1, 0.15) is 5.75 Å². The normalized spacial score (nSPS) is 14.4. The molecule has 1 fully saturated rings. The van der Waals surface area contributed by atoms with E-state index in [9.17, 15) is 9.59 Å². The van der Waals surface area contributed by atoms with E-state index in [0.717, 1.165) is 37.2 Å². The summed E-state index contributed by atoms with van der Waals surface area (Å²) >= 11 is 1.40. The number of nitrogens with one attached hydrogen (secondary N) is 2. The van der Waals surface area contributed by atoms with Gasteiger partial charge in [-0.25, -0.2) is 0 Å². The van der Waals surface area contributed by atoms with Gasteiger partial charge in [-0.3, -0.25) is 9.59 Å². The molecule has 2 aromatic carbocycles. The molecule has 0 unspecified atom stereocenters. The summed E-state index contributed by atoms with van der Waals surface area (Å²) < 4.78 is 5.39. The maximum atomic E-state index is 13.0. The highest BCUT2D eigenvalue weighted by molar-refractivity contribution is 7.12. The Kier molecular flexibility index (Phi) is 5.88. The average molecular weight is 460 g/mol. The van der Waals surface area contributed by atoms with Gasteiger partial charge in [0.25, 0.3) is 11.8 Å². The monoisotopic (exact) mass is 459 g/mol. The van der Waals surface area contributed by atoms with E-state index in [1.54, 1.807) is 37.4 Å². The fourth-order valence-electron chi connectivity index (χ4n) is 4.46. The summed E-state index contributed by atoms with van der Waals surface area (Å²) in [7, 11) is 1.68. The number of thiophene rings is 1. The lowest BCUT2D eigenvalue weighted by Crippen LogP contribution is -2.37. The van der Waals surface area contributed by atoms with Crippen LogP contribution >= 0.6 is 11.3 Å². The molecule has 1 aliphatic heterocycles.